The maximum atomic E-state index is 13.7. The van der Waals surface area contributed by atoms with E-state index in [2.05, 4.69) is 18.0 Å². The molecule has 3 nitrogen and oxygen atoms in total. The van der Waals surface area contributed by atoms with Crippen molar-refractivity contribution in [2.75, 3.05) is 33.2 Å². The summed E-state index contributed by atoms with van der Waals surface area (Å²) >= 11 is 0. The lowest BCUT2D eigenvalue weighted by Gasteiger charge is -2.35. The van der Waals surface area contributed by atoms with Gasteiger partial charge in [-0.05, 0) is 13.1 Å². The van der Waals surface area contributed by atoms with Crippen LogP contribution in [0, 0.1) is 17.1 Å². The Bertz CT molecular complexity index is 424. The van der Waals surface area contributed by atoms with Crippen LogP contribution in [-0.4, -0.2) is 43.0 Å². The molecule has 0 N–H and O–H groups in total. The van der Waals surface area contributed by atoms with Crippen molar-refractivity contribution in [2.24, 2.45) is 0 Å². The predicted octanol–water partition coefficient (Wildman–Crippen LogP) is 2.06. The molecule has 1 fully saturated rings. The third-order valence-electron chi connectivity index (χ3n) is 3.23. The summed E-state index contributed by atoms with van der Waals surface area (Å²) < 4.78 is 13.7. The zero-order valence-electron chi connectivity index (χ0n) is 10.3. The third-order valence-corrected chi connectivity index (χ3v) is 3.23. The Morgan fingerprint density at radius 2 is 1.83 bits per heavy atom. The molecule has 0 spiro atoms. The molecule has 0 saturated carbocycles. The van der Waals surface area contributed by atoms with Gasteiger partial charge < -0.3 is 4.90 Å². The lowest BCUT2D eigenvalue weighted by atomic mass is 10.1. The molecule has 98 valence electrons. The molecule has 1 saturated heterocycles. The molecule has 1 aliphatic heterocycles. The van der Waals surface area contributed by atoms with Crippen molar-refractivity contribution in [1.82, 2.24) is 9.80 Å². The minimum Gasteiger partial charge on any atom is -0.304 e. The van der Waals surface area contributed by atoms with Crippen molar-refractivity contribution < 1.29 is 4.39 Å². The number of rotatable bonds is 2. The average molecular weight is 270 g/mol. The van der Waals surface area contributed by atoms with E-state index in [0.717, 1.165) is 26.2 Å². The number of likely N-dealkylation sites (N-methyl/N-ethyl adjacent to an activating group) is 1. The number of piperazine rings is 1. The van der Waals surface area contributed by atoms with Crippen LogP contribution in [0.2, 0.25) is 0 Å². The van der Waals surface area contributed by atoms with Crippen molar-refractivity contribution in [2.45, 2.75) is 6.04 Å². The van der Waals surface area contributed by atoms with E-state index >= 15 is 0 Å². The largest absolute Gasteiger partial charge is 0.304 e. The van der Waals surface area contributed by atoms with Gasteiger partial charge >= 0.3 is 0 Å². The van der Waals surface area contributed by atoms with Gasteiger partial charge in [-0.15, -0.1) is 12.4 Å². The smallest absolute Gasteiger partial charge is 0.129 e. The summed E-state index contributed by atoms with van der Waals surface area (Å²) in [6.07, 6.45) is 0. The summed E-state index contributed by atoms with van der Waals surface area (Å²) in [6.45, 7) is 3.46. The Hall–Kier alpha value is -1.15. The van der Waals surface area contributed by atoms with E-state index in [1.807, 2.05) is 4.90 Å². The van der Waals surface area contributed by atoms with Gasteiger partial charge in [-0.2, -0.15) is 5.26 Å². The molecule has 1 aromatic carbocycles. The van der Waals surface area contributed by atoms with E-state index in [0.29, 0.717) is 5.56 Å². The maximum absolute atomic E-state index is 13.7. The SMILES string of the molecule is CN1CCN(C(C#N)c2ccccc2F)CC1.Cl. The van der Waals surface area contributed by atoms with E-state index in [-0.39, 0.29) is 18.2 Å². The molecule has 0 aromatic heterocycles. The molecule has 1 aliphatic rings. The van der Waals surface area contributed by atoms with E-state index in [1.165, 1.54) is 6.07 Å². The van der Waals surface area contributed by atoms with Crippen LogP contribution in [0.1, 0.15) is 11.6 Å². The first-order chi connectivity index (χ1) is 8.22. The van der Waals surface area contributed by atoms with Gasteiger partial charge in [0.05, 0.1) is 6.07 Å². The lowest BCUT2D eigenvalue weighted by Crippen LogP contribution is -2.45. The number of benzene rings is 1. The quantitative estimate of drug-likeness (QED) is 0.823. The average Bonchev–Trinajstić information content (AvgIpc) is 2.35. The van der Waals surface area contributed by atoms with Gasteiger partial charge in [-0.25, -0.2) is 4.39 Å². The van der Waals surface area contributed by atoms with Crippen LogP contribution in [0.4, 0.5) is 4.39 Å². The summed E-state index contributed by atoms with van der Waals surface area (Å²) in [5.74, 6) is -0.294. The van der Waals surface area contributed by atoms with Gasteiger partial charge in [0.15, 0.2) is 0 Å². The Balaban J connectivity index is 0.00000162. The van der Waals surface area contributed by atoms with E-state index < -0.39 is 6.04 Å². The van der Waals surface area contributed by atoms with Crippen molar-refractivity contribution >= 4 is 12.4 Å². The first kappa shape index (κ1) is 14.9. The van der Waals surface area contributed by atoms with Crippen LogP contribution in [0.25, 0.3) is 0 Å². The van der Waals surface area contributed by atoms with Crippen molar-refractivity contribution in [3.05, 3.63) is 35.6 Å². The maximum Gasteiger partial charge on any atom is 0.129 e. The number of halogens is 2. The van der Waals surface area contributed by atoms with Crippen LogP contribution in [0.3, 0.4) is 0 Å². The summed E-state index contributed by atoms with van der Waals surface area (Å²) in [6, 6.07) is 8.28. The fourth-order valence-corrected chi connectivity index (χ4v) is 2.12. The number of nitrogens with zero attached hydrogens (tertiary/aromatic N) is 3. The topological polar surface area (TPSA) is 30.3 Å². The number of nitriles is 1. The van der Waals surface area contributed by atoms with Crippen LogP contribution in [0.5, 0.6) is 0 Å². The normalized spacial score (nSPS) is 18.7. The Kier molecular flexibility index (Phi) is 5.54. The van der Waals surface area contributed by atoms with Gasteiger partial charge in [0, 0.05) is 31.7 Å². The van der Waals surface area contributed by atoms with Crippen LogP contribution in [-0.2, 0) is 0 Å². The number of hydrogen-bond donors (Lipinski definition) is 0. The highest BCUT2D eigenvalue weighted by Crippen LogP contribution is 2.23. The van der Waals surface area contributed by atoms with Gasteiger partial charge in [-0.3, -0.25) is 4.90 Å². The molecular weight excluding hydrogens is 253 g/mol. The standard InChI is InChI=1S/C13H16FN3.ClH/c1-16-6-8-17(9-7-16)13(10-15)11-4-2-3-5-12(11)14;/h2-5,13H,6-9H2,1H3;1H. The first-order valence-electron chi connectivity index (χ1n) is 5.79. The van der Waals surface area contributed by atoms with Crippen LogP contribution >= 0.6 is 12.4 Å². The molecule has 1 unspecified atom stereocenters. The molecule has 0 amide bonds. The van der Waals surface area contributed by atoms with Crippen LogP contribution in [0.15, 0.2) is 24.3 Å². The zero-order valence-corrected chi connectivity index (χ0v) is 11.2. The fraction of sp³-hybridized carbons (Fsp3) is 0.462. The highest BCUT2D eigenvalue weighted by atomic mass is 35.5. The second-order valence-corrected chi connectivity index (χ2v) is 4.39. The molecule has 18 heavy (non-hydrogen) atoms. The van der Waals surface area contributed by atoms with Gasteiger partial charge in [0.1, 0.15) is 11.9 Å². The summed E-state index contributed by atoms with van der Waals surface area (Å²) in [5, 5.41) is 9.25. The molecule has 0 aliphatic carbocycles. The summed E-state index contributed by atoms with van der Waals surface area (Å²) in [5.41, 5.74) is 0.486. The van der Waals surface area contributed by atoms with Crippen molar-refractivity contribution in [3.63, 3.8) is 0 Å². The van der Waals surface area contributed by atoms with E-state index in [4.69, 9.17) is 0 Å². The monoisotopic (exact) mass is 269 g/mol. The third kappa shape index (κ3) is 3.20. The van der Waals surface area contributed by atoms with Crippen LogP contribution < -0.4 is 0 Å². The Morgan fingerprint density at radius 1 is 1.22 bits per heavy atom. The van der Waals surface area contributed by atoms with Gasteiger partial charge in [0.2, 0.25) is 0 Å². The minimum atomic E-state index is -0.468. The number of hydrogen-bond acceptors (Lipinski definition) is 3. The predicted molar refractivity (Wildman–Crippen MR) is 71.1 cm³/mol. The van der Waals surface area contributed by atoms with Gasteiger partial charge in [0.25, 0.3) is 0 Å². The van der Waals surface area contributed by atoms with Crippen molar-refractivity contribution in [3.8, 4) is 6.07 Å². The molecule has 1 heterocycles. The fourth-order valence-electron chi connectivity index (χ4n) is 2.12. The second-order valence-electron chi connectivity index (χ2n) is 4.39. The summed E-state index contributed by atoms with van der Waals surface area (Å²) in [4.78, 5) is 4.25. The molecule has 1 aromatic rings. The van der Waals surface area contributed by atoms with E-state index in [9.17, 15) is 9.65 Å². The molecule has 0 bridgehead atoms. The Labute approximate surface area is 113 Å². The highest BCUT2D eigenvalue weighted by Gasteiger charge is 2.25. The second kappa shape index (κ2) is 6.69. The molecule has 5 heteroatoms. The first-order valence-corrected chi connectivity index (χ1v) is 5.79. The lowest BCUT2D eigenvalue weighted by molar-refractivity contribution is 0.131. The minimum absolute atomic E-state index is 0. The Morgan fingerprint density at radius 3 is 2.39 bits per heavy atom. The molecule has 1 atom stereocenters. The zero-order chi connectivity index (χ0) is 12.3. The molecule has 0 radical (unpaired) electrons. The molecular formula is C13H17ClFN3. The molecule has 2 rings (SSSR count). The van der Waals surface area contributed by atoms with Crippen molar-refractivity contribution in [1.29, 1.82) is 5.26 Å². The summed E-state index contributed by atoms with van der Waals surface area (Å²) in [7, 11) is 2.06. The highest BCUT2D eigenvalue weighted by molar-refractivity contribution is 5.85. The van der Waals surface area contributed by atoms with Gasteiger partial charge in [-0.1, -0.05) is 18.2 Å². The van der Waals surface area contributed by atoms with E-state index in [1.54, 1.807) is 18.2 Å².